The quantitative estimate of drug-likeness (QED) is 0.624. The maximum Gasteiger partial charge on any atom is 0.143 e. The first-order valence-corrected chi connectivity index (χ1v) is 4.01. The van der Waals surface area contributed by atoms with Crippen molar-refractivity contribution in [1.29, 1.82) is 0 Å². The van der Waals surface area contributed by atoms with Gasteiger partial charge in [-0.15, -0.1) is 0 Å². The van der Waals surface area contributed by atoms with Crippen molar-refractivity contribution >= 4 is 28.3 Å². The highest BCUT2D eigenvalue weighted by Crippen LogP contribution is 2.25. The zero-order valence-electron chi connectivity index (χ0n) is 5.90. The van der Waals surface area contributed by atoms with Gasteiger partial charge in [0.25, 0.3) is 0 Å². The average Bonchev–Trinajstić information content (AvgIpc) is 1.97. The number of hydrogen-bond acceptors (Lipinski definition) is 2. The summed E-state index contributed by atoms with van der Waals surface area (Å²) >= 11 is 1.88. The molecular formula is C7H7FINO. The largest absolute Gasteiger partial charge is 0.495 e. The summed E-state index contributed by atoms with van der Waals surface area (Å²) in [7, 11) is 1.50. The Morgan fingerprint density at radius 1 is 1.55 bits per heavy atom. The summed E-state index contributed by atoms with van der Waals surface area (Å²) in [5, 5.41) is 0. The van der Waals surface area contributed by atoms with Crippen LogP contribution in [0.15, 0.2) is 12.1 Å². The number of nitrogen functional groups attached to an aromatic ring is 1. The number of rotatable bonds is 1. The lowest BCUT2D eigenvalue weighted by atomic mass is 10.3. The Kier molecular flexibility index (Phi) is 2.53. The lowest BCUT2D eigenvalue weighted by Crippen LogP contribution is -1.94. The minimum absolute atomic E-state index is 0.316. The van der Waals surface area contributed by atoms with Gasteiger partial charge in [0.05, 0.1) is 16.4 Å². The van der Waals surface area contributed by atoms with Crippen LogP contribution in [-0.4, -0.2) is 7.11 Å². The third-order valence-electron chi connectivity index (χ3n) is 1.27. The van der Waals surface area contributed by atoms with E-state index in [1.54, 1.807) is 6.07 Å². The second-order valence-electron chi connectivity index (χ2n) is 2.01. The lowest BCUT2D eigenvalue weighted by molar-refractivity contribution is 0.415. The van der Waals surface area contributed by atoms with E-state index in [2.05, 4.69) is 0 Å². The van der Waals surface area contributed by atoms with Gasteiger partial charge in [-0.3, -0.25) is 0 Å². The van der Waals surface area contributed by atoms with Crippen LogP contribution < -0.4 is 10.5 Å². The standard InChI is InChI=1S/C7H7FINO/c1-11-7-3-5(9)4(8)2-6(7)10/h2-3H,10H2,1H3. The monoisotopic (exact) mass is 267 g/mol. The van der Waals surface area contributed by atoms with Crippen LogP contribution in [0.3, 0.4) is 0 Å². The van der Waals surface area contributed by atoms with Gasteiger partial charge in [0.1, 0.15) is 11.6 Å². The molecule has 11 heavy (non-hydrogen) atoms. The topological polar surface area (TPSA) is 35.2 Å². The fraction of sp³-hybridized carbons (Fsp3) is 0.143. The van der Waals surface area contributed by atoms with Crippen molar-refractivity contribution in [3.05, 3.63) is 21.5 Å². The number of halogens is 2. The van der Waals surface area contributed by atoms with Crippen LogP contribution in [0.25, 0.3) is 0 Å². The van der Waals surface area contributed by atoms with Gasteiger partial charge in [0.2, 0.25) is 0 Å². The molecule has 0 unspecified atom stereocenters. The summed E-state index contributed by atoms with van der Waals surface area (Å²) in [4.78, 5) is 0. The summed E-state index contributed by atoms with van der Waals surface area (Å²) < 4.78 is 18.1. The molecule has 0 spiro atoms. The minimum atomic E-state index is -0.316. The van der Waals surface area contributed by atoms with Gasteiger partial charge in [-0.25, -0.2) is 4.39 Å². The molecule has 1 rings (SSSR count). The van der Waals surface area contributed by atoms with E-state index in [1.165, 1.54) is 13.2 Å². The molecule has 0 aliphatic carbocycles. The van der Waals surface area contributed by atoms with Gasteiger partial charge < -0.3 is 10.5 Å². The molecule has 0 aliphatic heterocycles. The first-order valence-electron chi connectivity index (χ1n) is 2.93. The van der Waals surface area contributed by atoms with Gasteiger partial charge >= 0.3 is 0 Å². The Hall–Kier alpha value is -0.520. The van der Waals surface area contributed by atoms with Crippen molar-refractivity contribution in [2.45, 2.75) is 0 Å². The molecule has 0 bridgehead atoms. The summed E-state index contributed by atoms with van der Waals surface area (Å²) in [6, 6.07) is 2.81. The molecule has 1 aromatic carbocycles. The number of ether oxygens (including phenoxy) is 1. The zero-order valence-corrected chi connectivity index (χ0v) is 8.05. The Balaban J connectivity index is 3.21. The van der Waals surface area contributed by atoms with Gasteiger partial charge in [-0.2, -0.15) is 0 Å². The van der Waals surface area contributed by atoms with Crippen LogP contribution in [0.2, 0.25) is 0 Å². The van der Waals surface area contributed by atoms with Crippen LogP contribution in [0.4, 0.5) is 10.1 Å². The molecule has 0 atom stereocenters. The van der Waals surface area contributed by atoms with Crippen LogP contribution in [0.1, 0.15) is 0 Å². The SMILES string of the molecule is COc1cc(I)c(F)cc1N. The maximum absolute atomic E-state index is 12.8. The molecule has 0 radical (unpaired) electrons. The van der Waals surface area contributed by atoms with Crippen LogP contribution in [0.5, 0.6) is 5.75 Å². The minimum Gasteiger partial charge on any atom is -0.495 e. The zero-order chi connectivity index (χ0) is 8.43. The van der Waals surface area contributed by atoms with Crippen molar-refractivity contribution in [3.63, 3.8) is 0 Å². The van der Waals surface area contributed by atoms with E-state index >= 15 is 0 Å². The van der Waals surface area contributed by atoms with Crippen LogP contribution in [-0.2, 0) is 0 Å². The summed E-state index contributed by atoms with van der Waals surface area (Å²) in [5.74, 6) is 0.194. The van der Waals surface area contributed by atoms with Crippen LogP contribution in [0, 0.1) is 9.39 Å². The summed E-state index contributed by atoms with van der Waals surface area (Å²) in [5.41, 5.74) is 5.76. The number of nitrogens with two attached hydrogens (primary N) is 1. The molecular weight excluding hydrogens is 260 g/mol. The van der Waals surface area contributed by atoms with E-state index in [-0.39, 0.29) is 5.82 Å². The molecule has 4 heteroatoms. The smallest absolute Gasteiger partial charge is 0.143 e. The van der Waals surface area contributed by atoms with Gasteiger partial charge in [-0.1, -0.05) is 0 Å². The molecule has 0 aliphatic rings. The summed E-state index contributed by atoms with van der Waals surface area (Å²) in [6.45, 7) is 0. The van der Waals surface area contributed by atoms with Crippen molar-refractivity contribution in [2.24, 2.45) is 0 Å². The predicted octanol–water partition coefficient (Wildman–Crippen LogP) is 2.02. The van der Waals surface area contributed by atoms with E-state index in [1.807, 2.05) is 22.6 Å². The van der Waals surface area contributed by atoms with Crippen molar-refractivity contribution in [3.8, 4) is 5.75 Å². The normalized spacial score (nSPS) is 9.73. The van der Waals surface area contributed by atoms with E-state index in [9.17, 15) is 4.39 Å². The molecule has 0 saturated carbocycles. The van der Waals surface area contributed by atoms with Crippen molar-refractivity contribution in [2.75, 3.05) is 12.8 Å². The Labute approximate surface area is 77.7 Å². The van der Waals surface area contributed by atoms with E-state index < -0.39 is 0 Å². The Bertz CT molecular complexity index is 277. The molecule has 1 aromatic rings. The van der Waals surface area contributed by atoms with E-state index in [0.29, 0.717) is 15.0 Å². The maximum atomic E-state index is 12.8. The molecule has 60 valence electrons. The summed E-state index contributed by atoms with van der Waals surface area (Å²) in [6.07, 6.45) is 0. The fourth-order valence-corrected chi connectivity index (χ4v) is 1.16. The lowest BCUT2D eigenvalue weighted by Gasteiger charge is -2.04. The van der Waals surface area contributed by atoms with Crippen molar-refractivity contribution < 1.29 is 9.13 Å². The third kappa shape index (κ3) is 1.74. The third-order valence-corrected chi connectivity index (χ3v) is 2.10. The number of benzene rings is 1. The predicted molar refractivity (Wildman–Crippen MR) is 50.1 cm³/mol. The van der Waals surface area contributed by atoms with E-state index in [4.69, 9.17) is 10.5 Å². The fourth-order valence-electron chi connectivity index (χ4n) is 0.721. The molecule has 2 N–H and O–H groups in total. The molecule has 0 amide bonds. The first kappa shape index (κ1) is 8.58. The van der Waals surface area contributed by atoms with Gasteiger partial charge in [0, 0.05) is 6.07 Å². The number of hydrogen-bond donors (Lipinski definition) is 1. The first-order chi connectivity index (χ1) is 5.15. The molecule has 2 nitrogen and oxygen atoms in total. The van der Waals surface area contributed by atoms with Crippen LogP contribution >= 0.6 is 22.6 Å². The van der Waals surface area contributed by atoms with E-state index in [0.717, 1.165) is 0 Å². The Morgan fingerprint density at radius 2 is 2.18 bits per heavy atom. The second kappa shape index (κ2) is 3.25. The number of methoxy groups -OCH3 is 1. The number of anilines is 1. The highest BCUT2D eigenvalue weighted by molar-refractivity contribution is 14.1. The molecule has 0 fully saturated rings. The Morgan fingerprint density at radius 3 is 2.73 bits per heavy atom. The van der Waals surface area contributed by atoms with Crippen molar-refractivity contribution in [1.82, 2.24) is 0 Å². The highest BCUT2D eigenvalue weighted by atomic mass is 127. The van der Waals surface area contributed by atoms with Gasteiger partial charge in [-0.05, 0) is 28.7 Å². The van der Waals surface area contributed by atoms with Gasteiger partial charge in [0.15, 0.2) is 0 Å². The molecule has 0 aromatic heterocycles. The molecule has 0 heterocycles. The molecule has 0 saturated heterocycles. The highest BCUT2D eigenvalue weighted by Gasteiger charge is 2.04. The second-order valence-corrected chi connectivity index (χ2v) is 3.17. The average molecular weight is 267 g/mol.